The molecule has 2 aliphatic rings. The van der Waals surface area contributed by atoms with E-state index in [1.807, 2.05) is 74.5 Å². The zero-order valence-electron chi connectivity index (χ0n) is 24.2. The maximum absolute atomic E-state index is 14.3. The average molecular weight is 577 g/mol. The Balaban J connectivity index is 1.62. The van der Waals surface area contributed by atoms with Crippen molar-refractivity contribution < 1.29 is 32.0 Å². The van der Waals surface area contributed by atoms with E-state index in [-0.39, 0.29) is 31.3 Å². The Morgan fingerprint density at radius 1 is 0.846 bits per heavy atom. The fourth-order valence-electron chi connectivity index (χ4n) is 5.61. The fourth-order valence-corrected chi connectivity index (χ4v) is 9.82. The van der Waals surface area contributed by atoms with Gasteiger partial charge in [0.2, 0.25) is 0 Å². The van der Waals surface area contributed by atoms with Gasteiger partial charge in [-0.05, 0) is 55.4 Å². The lowest BCUT2D eigenvalue weighted by Crippen LogP contribution is -2.57. The van der Waals surface area contributed by atoms with Gasteiger partial charge in [0.15, 0.2) is 14.1 Å². The number of hydrogen-bond donors (Lipinski definition) is 0. The minimum Gasteiger partial charge on any atom is -0.408 e. The zero-order valence-corrected chi connectivity index (χ0v) is 26.1. The zero-order chi connectivity index (χ0) is 28.1. The molecule has 1 heterocycles. The van der Waals surface area contributed by atoms with Gasteiger partial charge < -0.3 is 13.9 Å². The predicted octanol–water partition coefficient (Wildman–Crippen LogP) is 7.86. The molecule has 2 fully saturated rings. The highest BCUT2D eigenvalue weighted by atomic mass is 31.2. The first-order valence-electron chi connectivity index (χ1n) is 14.3. The van der Waals surface area contributed by atoms with Crippen LogP contribution in [0.25, 0.3) is 0 Å². The molecule has 2 aromatic carbocycles. The number of phosphoric ester groups is 1. The summed E-state index contributed by atoms with van der Waals surface area (Å²) in [5.41, 5.74) is 1.77. The van der Waals surface area contributed by atoms with Crippen LogP contribution >= 0.6 is 7.82 Å². The molecule has 0 aromatic heterocycles. The average Bonchev–Trinajstić information content (AvgIpc) is 3.28. The predicted molar refractivity (Wildman–Crippen MR) is 155 cm³/mol. The molecule has 0 radical (unpaired) electrons. The Morgan fingerprint density at radius 2 is 1.33 bits per heavy atom. The second-order valence-electron chi connectivity index (χ2n) is 11.2. The highest BCUT2D eigenvalue weighted by Gasteiger charge is 2.56. The van der Waals surface area contributed by atoms with E-state index in [1.165, 1.54) is 0 Å². The van der Waals surface area contributed by atoms with Crippen LogP contribution in [0.3, 0.4) is 0 Å². The van der Waals surface area contributed by atoms with Crippen LogP contribution in [0.5, 0.6) is 0 Å². The van der Waals surface area contributed by atoms with Gasteiger partial charge in [0.05, 0.1) is 25.4 Å². The minimum atomic E-state index is -4.00. The van der Waals surface area contributed by atoms with Gasteiger partial charge in [-0.2, -0.15) is 0 Å². The van der Waals surface area contributed by atoms with E-state index in [1.54, 1.807) is 0 Å². The van der Waals surface area contributed by atoms with Gasteiger partial charge >= 0.3 is 7.82 Å². The van der Waals surface area contributed by atoms with Crippen LogP contribution in [0.15, 0.2) is 60.7 Å². The summed E-state index contributed by atoms with van der Waals surface area (Å²) in [5, 5.41) is 0. The van der Waals surface area contributed by atoms with E-state index in [4.69, 9.17) is 27.5 Å². The molecule has 7 nitrogen and oxygen atoms in total. The Kier molecular flexibility index (Phi) is 10.3. The van der Waals surface area contributed by atoms with Crippen molar-refractivity contribution in [2.75, 3.05) is 0 Å². The summed E-state index contributed by atoms with van der Waals surface area (Å²) in [5.74, 6) is -0.619. The topological polar surface area (TPSA) is 72.5 Å². The van der Waals surface area contributed by atoms with Crippen LogP contribution in [0, 0.1) is 5.92 Å². The molecule has 0 bridgehead atoms. The first kappa shape index (κ1) is 30.6. The quantitative estimate of drug-likeness (QED) is 0.177. The van der Waals surface area contributed by atoms with E-state index in [0.29, 0.717) is 6.42 Å². The third-order valence-corrected chi connectivity index (χ3v) is 14.1. The number of phosphoric acid groups is 1. The summed E-state index contributed by atoms with van der Waals surface area (Å²) in [7, 11) is -6.08. The Morgan fingerprint density at radius 3 is 1.82 bits per heavy atom. The van der Waals surface area contributed by atoms with E-state index in [0.717, 1.165) is 29.3 Å². The highest BCUT2D eigenvalue weighted by molar-refractivity contribution is 7.48. The van der Waals surface area contributed by atoms with Crippen molar-refractivity contribution in [2.45, 2.75) is 110 Å². The molecule has 4 rings (SSSR count). The largest absolute Gasteiger partial charge is 0.475 e. The molecule has 1 saturated carbocycles. The SMILES string of the molecule is CC[Si](CC)(CC)OC1[C@@H](OP(=O)(OCc2ccccc2)OCc2ccccc2)C[C@@H](C)[C@H]2OC(C)(C)O[C@@H]12. The van der Waals surface area contributed by atoms with Crippen molar-refractivity contribution in [1.29, 1.82) is 0 Å². The lowest BCUT2D eigenvalue weighted by atomic mass is 9.82. The van der Waals surface area contributed by atoms with Gasteiger partial charge in [0.1, 0.15) is 12.2 Å². The third-order valence-electron chi connectivity index (χ3n) is 8.07. The molecule has 2 aromatic rings. The highest BCUT2D eigenvalue weighted by Crippen LogP contribution is 2.55. The summed E-state index contributed by atoms with van der Waals surface area (Å²) in [4.78, 5) is 0. The van der Waals surface area contributed by atoms with E-state index in [9.17, 15) is 4.57 Å². The van der Waals surface area contributed by atoms with Crippen molar-refractivity contribution in [3.63, 3.8) is 0 Å². The molecule has 0 N–H and O–H groups in total. The molecule has 0 spiro atoms. The Hall–Kier alpha value is -1.35. The maximum atomic E-state index is 14.3. The molecule has 39 heavy (non-hydrogen) atoms. The number of hydrogen-bond acceptors (Lipinski definition) is 7. The lowest BCUT2D eigenvalue weighted by molar-refractivity contribution is -0.157. The monoisotopic (exact) mass is 576 g/mol. The van der Waals surface area contributed by atoms with E-state index in [2.05, 4.69) is 27.7 Å². The van der Waals surface area contributed by atoms with Crippen LogP contribution in [-0.4, -0.2) is 38.5 Å². The first-order valence-corrected chi connectivity index (χ1v) is 18.3. The van der Waals surface area contributed by atoms with Crippen LogP contribution < -0.4 is 0 Å². The molecule has 1 aliphatic heterocycles. The molecular formula is C30H45O7PSi. The Labute approximate surface area is 235 Å². The van der Waals surface area contributed by atoms with Crippen molar-refractivity contribution in [3.05, 3.63) is 71.8 Å². The van der Waals surface area contributed by atoms with Crippen LogP contribution in [0.1, 0.15) is 59.1 Å². The van der Waals surface area contributed by atoms with Gasteiger partial charge in [0, 0.05) is 0 Å². The van der Waals surface area contributed by atoms with E-state index < -0.39 is 34.1 Å². The molecule has 1 aliphatic carbocycles. The van der Waals surface area contributed by atoms with Gasteiger partial charge in [0.25, 0.3) is 0 Å². The van der Waals surface area contributed by atoms with Crippen molar-refractivity contribution >= 4 is 16.1 Å². The summed E-state index contributed by atoms with van der Waals surface area (Å²) in [6.07, 6.45) is -0.833. The molecule has 1 saturated heterocycles. The van der Waals surface area contributed by atoms with Gasteiger partial charge in [-0.15, -0.1) is 0 Å². The van der Waals surface area contributed by atoms with Crippen LogP contribution in [0.4, 0.5) is 0 Å². The standard InChI is InChI=1S/C30H45O7PSi/c1-7-39(8-2,9-3)37-28-26(20-23(4)27-29(28)35-30(5,6)34-27)36-38(31,32-21-24-16-12-10-13-17-24)33-22-25-18-14-11-15-19-25/h10-19,23,26-29H,7-9,20-22H2,1-6H3/t23-,26+,27-,28?,29-/m1/s1. The maximum Gasteiger partial charge on any atom is 0.475 e. The molecule has 216 valence electrons. The second kappa shape index (κ2) is 13.1. The van der Waals surface area contributed by atoms with Crippen LogP contribution in [0.2, 0.25) is 18.1 Å². The molecule has 1 unspecified atom stereocenters. The molecule has 9 heteroatoms. The summed E-state index contributed by atoms with van der Waals surface area (Å²) >= 11 is 0. The summed E-state index contributed by atoms with van der Waals surface area (Å²) < 4.78 is 52.5. The summed E-state index contributed by atoms with van der Waals surface area (Å²) in [6, 6.07) is 22.2. The molecular weight excluding hydrogens is 531 g/mol. The van der Waals surface area contributed by atoms with E-state index >= 15 is 0 Å². The van der Waals surface area contributed by atoms with Crippen LogP contribution in [-0.2, 0) is 45.2 Å². The summed E-state index contributed by atoms with van der Waals surface area (Å²) in [6.45, 7) is 12.8. The second-order valence-corrected chi connectivity index (χ2v) is 17.6. The minimum absolute atomic E-state index is 0.108. The third kappa shape index (κ3) is 7.69. The number of benzene rings is 2. The van der Waals surface area contributed by atoms with Crippen molar-refractivity contribution in [1.82, 2.24) is 0 Å². The number of ether oxygens (including phenoxy) is 2. The number of rotatable bonds is 13. The fraction of sp³-hybridized carbons (Fsp3) is 0.600. The first-order chi connectivity index (χ1) is 18.6. The van der Waals surface area contributed by atoms with Gasteiger partial charge in [-0.25, -0.2) is 4.57 Å². The van der Waals surface area contributed by atoms with Gasteiger partial charge in [-0.3, -0.25) is 13.6 Å². The smallest absolute Gasteiger partial charge is 0.408 e. The van der Waals surface area contributed by atoms with Crippen molar-refractivity contribution in [2.24, 2.45) is 5.92 Å². The Bertz CT molecular complexity index is 1020. The number of fused-ring (bicyclic) bond motifs is 1. The normalized spacial score (nSPS) is 26.9. The molecule has 0 amide bonds. The lowest BCUT2D eigenvalue weighted by Gasteiger charge is -2.45. The van der Waals surface area contributed by atoms with Gasteiger partial charge in [-0.1, -0.05) is 88.4 Å². The molecule has 5 atom stereocenters. The van der Waals surface area contributed by atoms with Crippen molar-refractivity contribution in [3.8, 4) is 0 Å².